The van der Waals surface area contributed by atoms with E-state index in [1.165, 1.54) is 11.3 Å². The highest BCUT2D eigenvalue weighted by Crippen LogP contribution is 2.16. The molecule has 0 saturated heterocycles. The lowest BCUT2D eigenvalue weighted by atomic mass is 10.1. The number of rotatable bonds is 6. The molecule has 1 aromatic heterocycles. The fraction of sp³-hybridized carbons (Fsp3) is 0.214. The number of halogens is 1. The summed E-state index contributed by atoms with van der Waals surface area (Å²) >= 11 is 4.84. The third-order valence-electron chi connectivity index (χ3n) is 2.62. The van der Waals surface area contributed by atoms with Crippen LogP contribution < -0.4 is 0 Å². The maximum Gasteiger partial charge on any atom is 0.162 e. The van der Waals surface area contributed by atoms with Crippen LogP contribution in [0.2, 0.25) is 0 Å². The molecule has 1 heterocycles. The predicted molar refractivity (Wildman–Crippen MR) is 83.3 cm³/mol. The SMILES string of the molecule is O=C(CCCS(=O)c1cccs1)c1ccc(Br)cc1. The van der Waals surface area contributed by atoms with Crippen LogP contribution in [0.25, 0.3) is 0 Å². The standard InChI is InChI=1S/C14H13BrO2S2/c15-12-7-5-11(6-8-12)13(16)3-2-10-19(17)14-4-1-9-18-14/h1,4-9H,2-3,10H2. The Morgan fingerprint density at radius 3 is 2.58 bits per heavy atom. The maximum absolute atomic E-state index is 11.9. The first kappa shape index (κ1) is 14.6. The summed E-state index contributed by atoms with van der Waals surface area (Å²) in [6.07, 6.45) is 1.10. The van der Waals surface area contributed by atoms with Crippen molar-refractivity contribution in [1.82, 2.24) is 0 Å². The second kappa shape index (κ2) is 7.12. The molecule has 19 heavy (non-hydrogen) atoms. The molecular weight excluding hydrogens is 344 g/mol. The number of hydrogen-bond donors (Lipinski definition) is 0. The fourth-order valence-electron chi connectivity index (χ4n) is 1.64. The summed E-state index contributed by atoms with van der Waals surface area (Å²) in [6, 6.07) is 11.1. The van der Waals surface area contributed by atoms with E-state index >= 15 is 0 Å². The van der Waals surface area contributed by atoms with Gasteiger partial charge in [0.05, 0.1) is 15.0 Å². The van der Waals surface area contributed by atoms with Gasteiger partial charge in [-0.3, -0.25) is 9.00 Å². The van der Waals surface area contributed by atoms with Gasteiger partial charge < -0.3 is 0 Å². The first-order valence-electron chi connectivity index (χ1n) is 5.87. The van der Waals surface area contributed by atoms with Crippen molar-refractivity contribution in [1.29, 1.82) is 0 Å². The van der Waals surface area contributed by atoms with E-state index in [-0.39, 0.29) is 5.78 Å². The Balaban J connectivity index is 1.81. The molecule has 1 atom stereocenters. The zero-order valence-corrected chi connectivity index (χ0v) is 13.4. The number of hydrogen-bond acceptors (Lipinski definition) is 3. The topological polar surface area (TPSA) is 34.1 Å². The molecule has 0 aliphatic rings. The summed E-state index contributed by atoms with van der Waals surface area (Å²) in [4.78, 5) is 11.9. The summed E-state index contributed by atoms with van der Waals surface area (Å²) in [5.74, 6) is 0.652. The molecule has 0 N–H and O–H groups in total. The van der Waals surface area contributed by atoms with Crippen molar-refractivity contribution in [3.8, 4) is 0 Å². The van der Waals surface area contributed by atoms with E-state index in [4.69, 9.17) is 0 Å². The van der Waals surface area contributed by atoms with Crippen molar-refractivity contribution >= 4 is 43.8 Å². The molecule has 1 aromatic carbocycles. The van der Waals surface area contributed by atoms with E-state index in [9.17, 15) is 9.00 Å². The lowest BCUT2D eigenvalue weighted by molar-refractivity contribution is 0.0982. The Morgan fingerprint density at radius 1 is 1.21 bits per heavy atom. The van der Waals surface area contributed by atoms with Crippen molar-refractivity contribution in [2.45, 2.75) is 17.1 Å². The smallest absolute Gasteiger partial charge is 0.162 e. The molecule has 2 aromatic rings. The molecule has 100 valence electrons. The van der Waals surface area contributed by atoms with Gasteiger partial charge in [0.2, 0.25) is 0 Å². The van der Waals surface area contributed by atoms with Crippen LogP contribution in [0.4, 0.5) is 0 Å². The average molecular weight is 357 g/mol. The second-order valence-electron chi connectivity index (χ2n) is 4.02. The van der Waals surface area contributed by atoms with Gasteiger partial charge in [-0.1, -0.05) is 34.1 Å². The van der Waals surface area contributed by atoms with E-state index in [1.807, 2.05) is 41.8 Å². The van der Waals surface area contributed by atoms with Crippen LogP contribution in [0.1, 0.15) is 23.2 Å². The Bertz CT molecular complexity index is 562. The highest BCUT2D eigenvalue weighted by molar-refractivity contribution is 9.10. The normalized spacial score (nSPS) is 12.3. The summed E-state index contributed by atoms with van der Waals surface area (Å²) < 4.78 is 13.7. The van der Waals surface area contributed by atoms with E-state index in [1.54, 1.807) is 0 Å². The summed E-state index contributed by atoms with van der Waals surface area (Å²) in [5.41, 5.74) is 0.713. The quantitative estimate of drug-likeness (QED) is 0.723. The van der Waals surface area contributed by atoms with Gasteiger partial charge in [0.25, 0.3) is 0 Å². The van der Waals surface area contributed by atoms with Crippen LogP contribution in [0, 0.1) is 0 Å². The number of Topliss-reactive ketones (excluding diaryl/α,β-unsaturated/α-hetero) is 1. The van der Waals surface area contributed by atoms with Crippen molar-refractivity contribution in [2.24, 2.45) is 0 Å². The summed E-state index contributed by atoms with van der Waals surface area (Å²) in [5, 5.41) is 1.92. The van der Waals surface area contributed by atoms with Gasteiger partial charge in [0.15, 0.2) is 5.78 Å². The zero-order valence-electron chi connectivity index (χ0n) is 10.2. The third kappa shape index (κ3) is 4.37. The second-order valence-corrected chi connectivity index (χ2v) is 7.68. The molecular formula is C14H13BrO2S2. The Labute approximate surface area is 127 Å². The van der Waals surface area contributed by atoms with E-state index in [0.717, 1.165) is 8.68 Å². The number of ketones is 1. The highest BCUT2D eigenvalue weighted by Gasteiger charge is 2.08. The lowest BCUT2D eigenvalue weighted by Gasteiger charge is -2.01. The Kier molecular flexibility index (Phi) is 5.48. The van der Waals surface area contributed by atoms with E-state index < -0.39 is 10.8 Å². The monoisotopic (exact) mass is 356 g/mol. The molecule has 0 aliphatic heterocycles. The van der Waals surface area contributed by atoms with Crippen LogP contribution in [-0.4, -0.2) is 15.7 Å². The molecule has 0 radical (unpaired) electrons. The highest BCUT2D eigenvalue weighted by atomic mass is 79.9. The van der Waals surface area contributed by atoms with Crippen LogP contribution in [0.5, 0.6) is 0 Å². The van der Waals surface area contributed by atoms with Crippen LogP contribution in [-0.2, 0) is 10.8 Å². The van der Waals surface area contributed by atoms with Crippen molar-refractivity contribution in [3.63, 3.8) is 0 Å². The van der Waals surface area contributed by atoms with Crippen LogP contribution in [0.3, 0.4) is 0 Å². The van der Waals surface area contributed by atoms with E-state index in [0.29, 0.717) is 24.2 Å². The molecule has 2 nitrogen and oxygen atoms in total. The molecule has 0 bridgehead atoms. The van der Waals surface area contributed by atoms with Gasteiger partial charge in [-0.15, -0.1) is 11.3 Å². The average Bonchev–Trinajstić information content (AvgIpc) is 2.93. The van der Waals surface area contributed by atoms with Gasteiger partial charge in [0, 0.05) is 22.2 Å². The van der Waals surface area contributed by atoms with Gasteiger partial charge in [-0.2, -0.15) is 0 Å². The first-order valence-corrected chi connectivity index (χ1v) is 8.86. The van der Waals surface area contributed by atoms with Gasteiger partial charge in [-0.25, -0.2) is 0 Å². The van der Waals surface area contributed by atoms with Crippen LogP contribution >= 0.6 is 27.3 Å². The molecule has 0 amide bonds. The Morgan fingerprint density at radius 2 is 1.95 bits per heavy atom. The van der Waals surface area contributed by atoms with E-state index in [2.05, 4.69) is 15.9 Å². The minimum Gasteiger partial charge on any atom is -0.294 e. The van der Waals surface area contributed by atoms with Crippen molar-refractivity contribution < 1.29 is 9.00 Å². The molecule has 0 saturated carbocycles. The van der Waals surface area contributed by atoms with Crippen molar-refractivity contribution in [3.05, 3.63) is 51.8 Å². The first-order chi connectivity index (χ1) is 9.16. The summed E-state index contributed by atoms with van der Waals surface area (Å²) in [7, 11) is -0.970. The van der Waals surface area contributed by atoms with Crippen molar-refractivity contribution in [2.75, 3.05) is 5.75 Å². The van der Waals surface area contributed by atoms with Gasteiger partial charge in [0.1, 0.15) is 0 Å². The van der Waals surface area contributed by atoms with Gasteiger partial charge >= 0.3 is 0 Å². The number of carbonyl (C=O) groups excluding carboxylic acids is 1. The number of benzene rings is 1. The number of thiophene rings is 1. The largest absolute Gasteiger partial charge is 0.294 e. The molecule has 1 unspecified atom stereocenters. The maximum atomic E-state index is 11.9. The molecule has 2 rings (SSSR count). The molecule has 0 fully saturated rings. The third-order valence-corrected chi connectivity index (χ3v) is 5.90. The minimum atomic E-state index is -0.970. The predicted octanol–water partition coefficient (Wildman–Crippen LogP) is 4.28. The lowest BCUT2D eigenvalue weighted by Crippen LogP contribution is -2.03. The van der Waals surface area contributed by atoms with Gasteiger partial charge in [-0.05, 0) is 30.0 Å². The molecule has 0 aliphatic carbocycles. The minimum absolute atomic E-state index is 0.107. The van der Waals surface area contributed by atoms with Crippen LogP contribution in [0.15, 0.2) is 50.5 Å². The number of carbonyl (C=O) groups is 1. The zero-order chi connectivity index (χ0) is 13.7. The Hall–Kier alpha value is -0.780. The molecule has 5 heteroatoms. The molecule has 0 spiro atoms. The summed E-state index contributed by atoms with van der Waals surface area (Å²) in [6.45, 7) is 0. The fourth-order valence-corrected chi connectivity index (χ4v) is 4.03.